The van der Waals surface area contributed by atoms with Gasteiger partial charge in [-0.15, -0.1) is 0 Å². The molecular weight excluding hydrogens is 370 g/mol. The van der Waals surface area contributed by atoms with Crippen molar-refractivity contribution in [1.29, 1.82) is 5.26 Å². The van der Waals surface area contributed by atoms with Crippen LogP contribution in [0.2, 0.25) is 0 Å². The Hall–Kier alpha value is -3.36. The molecule has 5 heteroatoms. The van der Waals surface area contributed by atoms with Crippen molar-refractivity contribution in [2.24, 2.45) is 0 Å². The van der Waals surface area contributed by atoms with E-state index in [4.69, 9.17) is 0 Å². The van der Waals surface area contributed by atoms with Crippen molar-refractivity contribution in [2.45, 2.75) is 20.3 Å². The molecule has 0 aliphatic heterocycles. The van der Waals surface area contributed by atoms with E-state index in [2.05, 4.69) is 85.1 Å². The molecule has 3 N–H and O–H groups in total. The summed E-state index contributed by atoms with van der Waals surface area (Å²) in [6.07, 6.45) is 0.785. The zero-order valence-electron chi connectivity index (χ0n) is 18.1. The second-order valence-electron chi connectivity index (χ2n) is 8.25. The number of quaternary nitrogens is 1. The van der Waals surface area contributed by atoms with Gasteiger partial charge in [0, 0.05) is 12.0 Å². The molecule has 5 nitrogen and oxygen atoms in total. The summed E-state index contributed by atoms with van der Waals surface area (Å²) in [4.78, 5) is 4.87. The van der Waals surface area contributed by atoms with E-state index in [9.17, 15) is 5.26 Å². The topological polar surface area (TPSA) is 60.1 Å². The lowest BCUT2D eigenvalue weighted by Crippen LogP contribution is -3.06. The highest BCUT2D eigenvalue weighted by atomic mass is 15.1. The molecule has 0 saturated carbocycles. The third-order valence-electron chi connectivity index (χ3n) is 5.85. The summed E-state index contributed by atoms with van der Waals surface area (Å²) in [6, 6.07) is 19.2. The first-order valence-electron chi connectivity index (χ1n) is 10.5. The van der Waals surface area contributed by atoms with Gasteiger partial charge in [0.1, 0.15) is 35.8 Å². The molecule has 0 aliphatic rings. The molecule has 0 aliphatic carbocycles. The molecule has 4 aromatic rings. The van der Waals surface area contributed by atoms with E-state index in [0.29, 0.717) is 5.56 Å². The first kappa shape index (κ1) is 19.9. The first-order chi connectivity index (χ1) is 14.5. The Labute approximate surface area is 177 Å². The van der Waals surface area contributed by atoms with Gasteiger partial charge < -0.3 is 4.90 Å². The zero-order valence-corrected chi connectivity index (χ0v) is 18.1. The number of H-pyrrole nitrogens is 1. The number of aryl methyl sites for hydroxylation is 1. The minimum Gasteiger partial charge on any atom is -0.337 e. The predicted octanol–water partition coefficient (Wildman–Crippen LogP) is 2.54. The van der Waals surface area contributed by atoms with Gasteiger partial charge in [0.15, 0.2) is 0 Å². The smallest absolute Gasteiger partial charge is 0.250 e. The molecule has 0 radical (unpaired) electrons. The van der Waals surface area contributed by atoms with Crippen LogP contribution in [0.25, 0.3) is 16.7 Å². The van der Waals surface area contributed by atoms with E-state index in [-0.39, 0.29) is 0 Å². The minimum atomic E-state index is 0.707. The van der Waals surface area contributed by atoms with Gasteiger partial charge in [-0.05, 0) is 42.7 Å². The average molecular weight is 400 g/mol. The fraction of sp³-hybridized carbons (Fsp3) is 0.280. The van der Waals surface area contributed by atoms with Gasteiger partial charge in [-0.25, -0.2) is 0 Å². The highest BCUT2D eigenvalue weighted by molar-refractivity contribution is 5.78. The van der Waals surface area contributed by atoms with Gasteiger partial charge in [0.05, 0.1) is 14.1 Å². The monoisotopic (exact) mass is 399 g/mol. The Kier molecular flexibility index (Phi) is 5.43. The maximum atomic E-state index is 10.0. The Morgan fingerprint density at radius 3 is 2.53 bits per heavy atom. The summed E-state index contributed by atoms with van der Waals surface area (Å²) in [5.74, 6) is 1.07. The van der Waals surface area contributed by atoms with Gasteiger partial charge in [-0.1, -0.05) is 36.4 Å². The highest BCUT2D eigenvalue weighted by Crippen LogP contribution is 2.28. The zero-order chi connectivity index (χ0) is 21.3. The Morgan fingerprint density at radius 2 is 1.80 bits per heavy atom. The molecule has 0 unspecified atom stereocenters. The Balaban J connectivity index is 2.00. The summed E-state index contributed by atoms with van der Waals surface area (Å²) < 4.78 is 2.19. The summed E-state index contributed by atoms with van der Waals surface area (Å²) in [7, 11) is 4.32. The minimum absolute atomic E-state index is 0.707. The third-order valence-corrected chi connectivity index (χ3v) is 5.85. The molecule has 0 saturated heterocycles. The van der Waals surface area contributed by atoms with E-state index in [1.807, 2.05) is 12.1 Å². The van der Waals surface area contributed by atoms with Gasteiger partial charge in [0.2, 0.25) is 11.5 Å². The number of aromatic nitrogens is 2. The number of nitrogens with zero attached hydrogens (tertiary/aromatic N) is 2. The standard InChI is InChI=1S/C25H27N5/c1-17-9-5-6-10-19(17)15-20-18(2)21(16-26)25-28-22-11-7-8-12-23(22)30(25)24(20)27-13-14-29(3)4/h5-12H,13-15H2,1-4H3,(H,27,28)/p+2. The van der Waals surface area contributed by atoms with Crippen molar-refractivity contribution in [3.63, 3.8) is 0 Å². The molecule has 0 atom stereocenters. The molecule has 2 aromatic carbocycles. The van der Waals surface area contributed by atoms with Crippen LogP contribution in [0, 0.1) is 25.2 Å². The summed E-state index contributed by atoms with van der Waals surface area (Å²) in [5, 5.41) is 13.7. The number of rotatable bonds is 6. The molecule has 0 fully saturated rings. The number of benzene rings is 2. The first-order valence-corrected chi connectivity index (χ1v) is 10.5. The molecule has 0 amide bonds. The van der Waals surface area contributed by atoms with Crippen molar-refractivity contribution in [1.82, 2.24) is 4.98 Å². The molecule has 2 heterocycles. The summed E-state index contributed by atoms with van der Waals surface area (Å²) in [6.45, 7) is 6.08. The second kappa shape index (κ2) is 8.17. The number of likely N-dealkylation sites (N-methyl/N-ethyl adjacent to an activating group) is 1. The second-order valence-corrected chi connectivity index (χ2v) is 8.25. The molecule has 152 valence electrons. The number of fused-ring (bicyclic) bond motifs is 3. The number of pyridine rings is 1. The maximum Gasteiger partial charge on any atom is 0.250 e. The molecule has 0 spiro atoms. The Bertz CT molecular complexity index is 1260. The lowest BCUT2D eigenvalue weighted by atomic mass is 9.95. The van der Waals surface area contributed by atoms with Crippen LogP contribution in [0.15, 0.2) is 48.5 Å². The van der Waals surface area contributed by atoms with Crippen LogP contribution in [0.5, 0.6) is 0 Å². The van der Waals surface area contributed by atoms with Gasteiger partial charge in [-0.3, -0.25) is 10.3 Å². The number of aromatic amines is 1. The number of imidazole rings is 1. The average Bonchev–Trinajstić information content (AvgIpc) is 3.10. The molecule has 4 rings (SSSR count). The van der Waals surface area contributed by atoms with Crippen molar-refractivity contribution >= 4 is 22.5 Å². The predicted molar refractivity (Wildman–Crippen MR) is 121 cm³/mol. The van der Waals surface area contributed by atoms with E-state index >= 15 is 0 Å². The highest BCUT2D eigenvalue weighted by Gasteiger charge is 2.26. The number of hydrogen-bond acceptors (Lipinski definition) is 2. The summed E-state index contributed by atoms with van der Waals surface area (Å²) in [5.41, 5.74) is 8.43. The normalized spacial score (nSPS) is 11.3. The summed E-state index contributed by atoms with van der Waals surface area (Å²) >= 11 is 0. The lowest BCUT2D eigenvalue weighted by molar-refractivity contribution is -0.856. The van der Waals surface area contributed by atoms with Crippen molar-refractivity contribution in [3.8, 4) is 6.07 Å². The molecule has 0 bridgehead atoms. The van der Waals surface area contributed by atoms with Gasteiger partial charge >= 0.3 is 0 Å². The number of nitrogens with one attached hydrogen (secondary N) is 3. The fourth-order valence-corrected chi connectivity index (χ4v) is 4.09. The molecule has 2 aromatic heterocycles. The fourth-order valence-electron chi connectivity index (χ4n) is 4.09. The van der Waals surface area contributed by atoms with Crippen LogP contribution >= 0.6 is 0 Å². The van der Waals surface area contributed by atoms with E-state index in [1.165, 1.54) is 21.6 Å². The van der Waals surface area contributed by atoms with Crippen LogP contribution in [0.1, 0.15) is 27.8 Å². The van der Waals surface area contributed by atoms with E-state index < -0.39 is 0 Å². The maximum absolute atomic E-state index is 10.0. The van der Waals surface area contributed by atoms with Crippen LogP contribution in [0.4, 0.5) is 5.82 Å². The quantitative estimate of drug-likeness (QED) is 0.437. The molecule has 30 heavy (non-hydrogen) atoms. The van der Waals surface area contributed by atoms with Crippen molar-refractivity contribution in [2.75, 3.05) is 32.5 Å². The SMILES string of the molecule is Cc1ccccc1Cc1c(C)c(C#N)c2[nH]c3ccccc3[n+]2c1NCC[NH+](C)C. The Morgan fingerprint density at radius 1 is 1.07 bits per heavy atom. The van der Waals surface area contributed by atoms with E-state index in [1.54, 1.807) is 0 Å². The van der Waals surface area contributed by atoms with Gasteiger partial charge in [0.25, 0.3) is 0 Å². The third kappa shape index (κ3) is 3.51. The largest absolute Gasteiger partial charge is 0.337 e. The number of hydrogen-bond donors (Lipinski definition) is 3. The van der Waals surface area contributed by atoms with E-state index in [0.717, 1.165) is 47.6 Å². The van der Waals surface area contributed by atoms with Crippen LogP contribution in [-0.2, 0) is 6.42 Å². The lowest BCUT2D eigenvalue weighted by Gasteiger charge is -2.15. The van der Waals surface area contributed by atoms with Crippen molar-refractivity contribution < 1.29 is 9.30 Å². The van der Waals surface area contributed by atoms with Crippen molar-refractivity contribution in [3.05, 3.63) is 76.3 Å². The number of nitriles is 1. The van der Waals surface area contributed by atoms with Crippen LogP contribution in [-0.4, -0.2) is 32.2 Å². The van der Waals surface area contributed by atoms with Gasteiger partial charge in [-0.2, -0.15) is 9.66 Å². The van der Waals surface area contributed by atoms with Crippen LogP contribution < -0.4 is 14.6 Å². The number of para-hydroxylation sites is 2. The number of anilines is 1. The molecular formula is C25H29N5+2. The van der Waals surface area contributed by atoms with Crippen LogP contribution in [0.3, 0.4) is 0 Å².